The van der Waals surface area contributed by atoms with Crippen LogP contribution in [-0.4, -0.2) is 4.98 Å². The number of rotatable bonds is 4. The third kappa shape index (κ3) is 3.51. The van der Waals surface area contributed by atoms with Crippen LogP contribution in [0, 0.1) is 0 Å². The van der Waals surface area contributed by atoms with Crippen LogP contribution in [0.3, 0.4) is 0 Å². The summed E-state index contributed by atoms with van der Waals surface area (Å²) >= 11 is 0. The number of nitrogens with one attached hydrogen (secondary N) is 2. The maximum atomic E-state index is 5.61. The zero-order valence-corrected chi connectivity index (χ0v) is 11.5. The van der Waals surface area contributed by atoms with Gasteiger partial charge in [-0.2, -0.15) is 0 Å². The first-order valence-electron chi connectivity index (χ1n) is 6.70. The monoisotopic (exact) mass is 276 g/mol. The molecule has 0 unspecified atom stereocenters. The van der Waals surface area contributed by atoms with Crippen molar-refractivity contribution >= 4 is 28.6 Å². The van der Waals surface area contributed by atoms with Crippen molar-refractivity contribution in [2.75, 3.05) is 16.4 Å². The van der Waals surface area contributed by atoms with Crippen LogP contribution >= 0.6 is 0 Å². The fraction of sp³-hybridized carbons (Fsp3) is 0. The molecule has 0 amide bonds. The van der Waals surface area contributed by atoms with E-state index in [9.17, 15) is 0 Å². The minimum absolute atomic E-state index is 0.656. The lowest BCUT2D eigenvalue weighted by Gasteiger charge is -2.09. The lowest BCUT2D eigenvalue weighted by atomic mass is 10.2. The summed E-state index contributed by atoms with van der Waals surface area (Å²) in [6, 6.07) is 21.8. The Balaban J connectivity index is 1.68. The molecule has 1 aromatic heterocycles. The molecule has 0 bridgehead atoms. The van der Waals surface area contributed by atoms with Gasteiger partial charge in [0, 0.05) is 17.1 Å². The van der Waals surface area contributed by atoms with Gasteiger partial charge in [0.2, 0.25) is 0 Å². The second-order valence-corrected chi connectivity index (χ2v) is 4.67. The standard InChI is InChI=1S/C17H16N4/c18-13-6-11-17(19-12-13)21-16-9-7-15(8-10-16)20-14-4-2-1-3-5-14/h1-12,20H,18H2,(H,19,21). The first kappa shape index (κ1) is 13.0. The normalized spacial score (nSPS) is 10.1. The Labute approximate surface area is 123 Å². The quantitative estimate of drug-likeness (QED) is 0.670. The van der Waals surface area contributed by atoms with E-state index in [1.807, 2.05) is 66.7 Å². The number of nitrogen functional groups attached to an aromatic ring is 1. The number of pyridine rings is 1. The highest BCUT2D eigenvalue weighted by atomic mass is 15.0. The van der Waals surface area contributed by atoms with E-state index in [2.05, 4.69) is 15.6 Å². The van der Waals surface area contributed by atoms with Crippen LogP contribution < -0.4 is 16.4 Å². The van der Waals surface area contributed by atoms with E-state index in [0.29, 0.717) is 5.69 Å². The van der Waals surface area contributed by atoms with Crippen molar-refractivity contribution in [3.05, 3.63) is 72.9 Å². The van der Waals surface area contributed by atoms with Gasteiger partial charge in [-0.1, -0.05) is 18.2 Å². The van der Waals surface area contributed by atoms with Gasteiger partial charge >= 0.3 is 0 Å². The van der Waals surface area contributed by atoms with Gasteiger partial charge in [-0.15, -0.1) is 0 Å². The number of hydrogen-bond acceptors (Lipinski definition) is 4. The number of benzene rings is 2. The number of nitrogens with two attached hydrogens (primary N) is 1. The molecule has 0 aliphatic rings. The second-order valence-electron chi connectivity index (χ2n) is 4.67. The van der Waals surface area contributed by atoms with E-state index in [0.717, 1.165) is 22.9 Å². The van der Waals surface area contributed by atoms with Crippen molar-refractivity contribution < 1.29 is 0 Å². The summed E-state index contributed by atoms with van der Waals surface area (Å²) in [5, 5.41) is 6.57. The maximum Gasteiger partial charge on any atom is 0.130 e. The molecule has 0 saturated heterocycles. The van der Waals surface area contributed by atoms with Crippen molar-refractivity contribution in [1.82, 2.24) is 4.98 Å². The highest BCUT2D eigenvalue weighted by molar-refractivity contribution is 5.65. The molecule has 0 saturated carbocycles. The van der Waals surface area contributed by atoms with Crippen LogP contribution in [0.25, 0.3) is 0 Å². The van der Waals surface area contributed by atoms with E-state index >= 15 is 0 Å². The molecule has 0 fully saturated rings. The molecule has 4 N–H and O–H groups in total. The molecule has 21 heavy (non-hydrogen) atoms. The number of hydrogen-bond donors (Lipinski definition) is 3. The molecule has 4 heteroatoms. The Hall–Kier alpha value is -3.01. The summed E-state index contributed by atoms with van der Waals surface area (Å²) in [5.41, 5.74) is 9.35. The van der Waals surface area contributed by atoms with Gasteiger partial charge < -0.3 is 16.4 Å². The van der Waals surface area contributed by atoms with Gasteiger partial charge in [0.1, 0.15) is 5.82 Å². The summed E-state index contributed by atoms with van der Waals surface area (Å²) in [6.45, 7) is 0. The second kappa shape index (κ2) is 5.96. The van der Waals surface area contributed by atoms with Gasteiger partial charge in [-0.3, -0.25) is 0 Å². The third-order valence-corrected chi connectivity index (χ3v) is 3.01. The maximum absolute atomic E-state index is 5.61. The van der Waals surface area contributed by atoms with Gasteiger partial charge in [0.25, 0.3) is 0 Å². The molecular weight excluding hydrogens is 260 g/mol. The van der Waals surface area contributed by atoms with E-state index in [1.165, 1.54) is 0 Å². The lowest BCUT2D eigenvalue weighted by Crippen LogP contribution is -1.95. The molecule has 0 atom stereocenters. The molecule has 3 rings (SSSR count). The smallest absolute Gasteiger partial charge is 0.130 e. The zero-order chi connectivity index (χ0) is 14.5. The van der Waals surface area contributed by atoms with Crippen molar-refractivity contribution in [3.8, 4) is 0 Å². The fourth-order valence-corrected chi connectivity index (χ4v) is 1.95. The largest absolute Gasteiger partial charge is 0.397 e. The number of nitrogens with zero attached hydrogens (tertiary/aromatic N) is 1. The van der Waals surface area contributed by atoms with E-state index < -0.39 is 0 Å². The highest BCUT2D eigenvalue weighted by Crippen LogP contribution is 2.20. The molecule has 1 heterocycles. The van der Waals surface area contributed by atoms with Gasteiger partial charge in [0.15, 0.2) is 0 Å². The van der Waals surface area contributed by atoms with Crippen LogP contribution in [0.4, 0.5) is 28.6 Å². The molecule has 0 spiro atoms. The van der Waals surface area contributed by atoms with Crippen LogP contribution in [0.15, 0.2) is 72.9 Å². The predicted molar refractivity (Wildman–Crippen MR) is 88.1 cm³/mol. The van der Waals surface area contributed by atoms with Crippen LogP contribution in [0.1, 0.15) is 0 Å². The Morgan fingerprint density at radius 1 is 0.667 bits per heavy atom. The van der Waals surface area contributed by atoms with Crippen LogP contribution in [0.5, 0.6) is 0 Å². The minimum Gasteiger partial charge on any atom is -0.397 e. The van der Waals surface area contributed by atoms with Crippen molar-refractivity contribution in [2.45, 2.75) is 0 Å². The van der Waals surface area contributed by atoms with Crippen LogP contribution in [-0.2, 0) is 0 Å². The van der Waals surface area contributed by atoms with Gasteiger partial charge in [-0.25, -0.2) is 4.98 Å². The fourth-order valence-electron chi connectivity index (χ4n) is 1.95. The molecule has 0 aliphatic heterocycles. The Morgan fingerprint density at radius 3 is 1.90 bits per heavy atom. The molecular formula is C17H16N4. The molecule has 0 radical (unpaired) electrons. The van der Waals surface area contributed by atoms with Crippen molar-refractivity contribution in [3.63, 3.8) is 0 Å². The van der Waals surface area contributed by atoms with Gasteiger partial charge in [-0.05, 0) is 48.5 Å². The molecule has 3 aromatic rings. The molecule has 2 aromatic carbocycles. The topological polar surface area (TPSA) is 63.0 Å². The summed E-state index contributed by atoms with van der Waals surface area (Å²) in [4.78, 5) is 4.21. The van der Waals surface area contributed by atoms with E-state index in [-0.39, 0.29) is 0 Å². The summed E-state index contributed by atoms with van der Waals surface area (Å²) in [6.07, 6.45) is 1.63. The number of aromatic nitrogens is 1. The van der Waals surface area contributed by atoms with Crippen molar-refractivity contribution in [1.29, 1.82) is 0 Å². The van der Waals surface area contributed by atoms with E-state index in [4.69, 9.17) is 5.73 Å². The van der Waals surface area contributed by atoms with E-state index in [1.54, 1.807) is 6.20 Å². The zero-order valence-electron chi connectivity index (χ0n) is 11.5. The molecule has 104 valence electrons. The molecule has 0 aliphatic carbocycles. The first-order chi connectivity index (χ1) is 10.3. The molecule has 4 nitrogen and oxygen atoms in total. The average Bonchev–Trinajstić information content (AvgIpc) is 2.53. The minimum atomic E-state index is 0.656. The number of anilines is 5. The van der Waals surface area contributed by atoms with Crippen molar-refractivity contribution in [2.24, 2.45) is 0 Å². The Kier molecular flexibility index (Phi) is 3.69. The predicted octanol–water partition coefficient (Wildman–Crippen LogP) is 4.15. The SMILES string of the molecule is Nc1ccc(Nc2ccc(Nc3ccccc3)cc2)nc1. The Bertz CT molecular complexity index is 691. The summed E-state index contributed by atoms with van der Waals surface area (Å²) < 4.78 is 0. The van der Waals surface area contributed by atoms with Gasteiger partial charge in [0.05, 0.1) is 11.9 Å². The Morgan fingerprint density at radius 2 is 1.29 bits per heavy atom. The average molecular weight is 276 g/mol. The summed E-state index contributed by atoms with van der Waals surface area (Å²) in [7, 11) is 0. The lowest BCUT2D eigenvalue weighted by molar-refractivity contribution is 1.31. The first-order valence-corrected chi connectivity index (χ1v) is 6.70. The highest BCUT2D eigenvalue weighted by Gasteiger charge is 1.97. The summed E-state index contributed by atoms with van der Waals surface area (Å²) in [5.74, 6) is 0.771. The third-order valence-electron chi connectivity index (χ3n) is 3.01. The number of para-hydroxylation sites is 1. The van der Waals surface area contributed by atoms with Crippen LogP contribution in [0.2, 0.25) is 0 Å².